The Bertz CT molecular complexity index is 977. The lowest BCUT2D eigenvalue weighted by molar-refractivity contribution is 0.387. The van der Waals surface area contributed by atoms with Crippen molar-refractivity contribution in [3.05, 3.63) is 54.5 Å². The van der Waals surface area contributed by atoms with Crippen LogP contribution in [0.25, 0.3) is 28.0 Å². The number of nitrogens with one attached hydrogen (secondary N) is 1. The Morgan fingerprint density at radius 3 is 2.81 bits per heavy atom. The van der Waals surface area contributed by atoms with Crippen LogP contribution >= 0.6 is 0 Å². The highest BCUT2D eigenvalue weighted by Gasteiger charge is 2.12. The van der Waals surface area contributed by atoms with E-state index in [1.54, 1.807) is 0 Å². The zero-order chi connectivity index (χ0) is 19.2. The monoisotopic (exact) mass is 358 g/mol. The second-order valence-corrected chi connectivity index (χ2v) is 6.68. The maximum Gasteiger partial charge on any atom is 0.138 e. The molecule has 0 radical (unpaired) electrons. The summed E-state index contributed by atoms with van der Waals surface area (Å²) in [6.07, 6.45) is 10.7. The van der Waals surface area contributed by atoms with Gasteiger partial charge in [-0.2, -0.15) is 0 Å². The number of aromatic nitrogens is 3. The van der Waals surface area contributed by atoms with Gasteiger partial charge in [-0.05, 0) is 37.1 Å². The van der Waals surface area contributed by atoms with E-state index in [1.165, 1.54) is 6.42 Å². The molecule has 27 heavy (non-hydrogen) atoms. The molecule has 0 aliphatic rings. The third-order valence-corrected chi connectivity index (χ3v) is 4.62. The Labute approximate surface area is 161 Å². The second-order valence-electron chi connectivity index (χ2n) is 6.68. The van der Waals surface area contributed by atoms with E-state index in [2.05, 4.69) is 47.3 Å². The molecule has 0 unspecified atom stereocenters. The normalized spacial score (nSPS) is 10.7. The summed E-state index contributed by atoms with van der Waals surface area (Å²) in [5, 5.41) is 0.988. The number of pyridine rings is 2. The molecule has 0 saturated heterocycles. The third-order valence-electron chi connectivity index (χ3n) is 4.62. The summed E-state index contributed by atoms with van der Waals surface area (Å²) in [6.45, 7) is 10.7. The van der Waals surface area contributed by atoms with Crippen molar-refractivity contribution in [3.8, 4) is 23.6 Å². The number of fused-ring (bicyclic) bond motifs is 1. The van der Waals surface area contributed by atoms with Gasteiger partial charge in [0, 0.05) is 30.2 Å². The van der Waals surface area contributed by atoms with Gasteiger partial charge >= 0.3 is 0 Å². The van der Waals surface area contributed by atoms with Crippen molar-refractivity contribution < 1.29 is 0 Å². The highest BCUT2D eigenvalue weighted by atomic mass is 15.1. The summed E-state index contributed by atoms with van der Waals surface area (Å²) in [7, 11) is 0. The van der Waals surface area contributed by atoms with Crippen LogP contribution in [-0.2, 0) is 0 Å². The number of unbranched alkanes of at least 4 members (excludes halogenated alkanes) is 1. The van der Waals surface area contributed by atoms with Gasteiger partial charge in [-0.25, -0.2) is 9.97 Å². The molecule has 4 nitrogen and oxygen atoms in total. The van der Waals surface area contributed by atoms with E-state index in [1.807, 2.05) is 30.5 Å². The lowest BCUT2D eigenvalue weighted by atomic mass is 10.1. The summed E-state index contributed by atoms with van der Waals surface area (Å²) in [5.41, 5.74) is 5.28. The zero-order valence-electron chi connectivity index (χ0n) is 16.1. The minimum absolute atomic E-state index is 0.732. The highest BCUT2D eigenvalue weighted by molar-refractivity contribution is 5.82. The average molecular weight is 358 g/mol. The van der Waals surface area contributed by atoms with Gasteiger partial charge in [-0.3, -0.25) is 0 Å². The summed E-state index contributed by atoms with van der Waals surface area (Å²) in [6, 6.07) is 10.1. The Morgan fingerprint density at radius 2 is 2.07 bits per heavy atom. The first-order valence-electron chi connectivity index (χ1n) is 9.53. The van der Waals surface area contributed by atoms with Crippen molar-refractivity contribution in [1.82, 2.24) is 19.9 Å². The van der Waals surface area contributed by atoms with E-state index in [4.69, 9.17) is 11.4 Å². The number of rotatable bonds is 8. The summed E-state index contributed by atoms with van der Waals surface area (Å²) in [5.74, 6) is 2.61. The molecule has 0 saturated carbocycles. The van der Waals surface area contributed by atoms with Crippen molar-refractivity contribution in [1.29, 1.82) is 0 Å². The molecule has 138 valence electrons. The first-order chi connectivity index (χ1) is 13.2. The van der Waals surface area contributed by atoms with Crippen molar-refractivity contribution in [3.63, 3.8) is 0 Å². The number of hydrogen-bond acceptors (Lipinski definition) is 3. The smallest absolute Gasteiger partial charge is 0.138 e. The van der Waals surface area contributed by atoms with Crippen LogP contribution in [0.1, 0.15) is 44.5 Å². The zero-order valence-corrected chi connectivity index (χ0v) is 16.1. The van der Waals surface area contributed by atoms with Crippen LogP contribution in [0.5, 0.6) is 0 Å². The van der Waals surface area contributed by atoms with E-state index >= 15 is 0 Å². The van der Waals surface area contributed by atoms with Crippen LogP contribution < -0.4 is 0 Å². The summed E-state index contributed by atoms with van der Waals surface area (Å²) >= 11 is 0. The van der Waals surface area contributed by atoms with Gasteiger partial charge in [-0.15, -0.1) is 6.42 Å². The molecule has 0 bridgehead atoms. The minimum atomic E-state index is 0.732. The van der Waals surface area contributed by atoms with Crippen LogP contribution in [0.15, 0.2) is 43.1 Å². The molecule has 0 aliphatic carbocycles. The number of H-pyrrole nitrogens is 1. The van der Waals surface area contributed by atoms with Crippen LogP contribution in [0.4, 0.5) is 0 Å². The molecular formula is C23H26N4. The fourth-order valence-corrected chi connectivity index (χ4v) is 3.15. The Morgan fingerprint density at radius 1 is 1.22 bits per heavy atom. The fourth-order valence-electron chi connectivity index (χ4n) is 3.15. The van der Waals surface area contributed by atoms with E-state index in [0.29, 0.717) is 0 Å². The molecule has 0 spiro atoms. The van der Waals surface area contributed by atoms with Gasteiger partial charge in [0.15, 0.2) is 0 Å². The molecule has 0 aromatic carbocycles. The van der Waals surface area contributed by atoms with Crippen LogP contribution in [0, 0.1) is 12.3 Å². The van der Waals surface area contributed by atoms with Crippen molar-refractivity contribution >= 4 is 16.7 Å². The standard InChI is InChI=1S/C23H26N4/c1-5-8-13-27(12-6-2)17(4)21-10-9-11-22(26-21)19-14-18-15-20(7-3)25-23(18)24-16-19/h3,9-11,14-16H,4-6,8,12-13H2,1-2H3,(H,24,25). The molecular weight excluding hydrogens is 332 g/mol. The lowest BCUT2D eigenvalue weighted by Gasteiger charge is -2.26. The minimum Gasteiger partial charge on any atom is -0.370 e. The number of hydrogen-bond donors (Lipinski definition) is 1. The molecule has 0 fully saturated rings. The molecule has 3 aromatic heterocycles. The van der Waals surface area contributed by atoms with Crippen LogP contribution in [0.2, 0.25) is 0 Å². The molecule has 3 aromatic rings. The van der Waals surface area contributed by atoms with E-state index in [-0.39, 0.29) is 0 Å². The Kier molecular flexibility index (Phi) is 5.93. The van der Waals surface area contributed by atoms with Crippen LogP contribution in [-0.4, -0.2) is 32.9 Å². The fraction of sp³-hybridized carbons (Fsp3) is 0.304. The molecule has 0 amide bonds. The van der Waals surface area contributed by atoms with Crippen molar-refractivity contribution in [2.45, 2.75) is 33.1 Å². The molecule has 3 rings (SSSR count). The van der Waals surface area contributed by atoms with Crippen LogP contribution in [0.3, 0.4) is 0 Å². The van der Waals surface area contributed by atoms with E-state index < -0.39 is 0 Å². The molecule has 3 heterocycles. The van der Waals surface area contributed by atoms with Gasteiger partial charge in [0.05, 0.1) is 22.8 Å². The topological polar surface area (TPSA) is 44.8 Å². The predicted octanol–water partition coefficient (Wildman–Crippen LogP) is 5.09. The van der Waals surface area contributed by atoms with Gasteiger partial charge in [0.2, 0.25) is 0 Å². The molecule has 4 heteroatoms. The SMILES string of the molecule is C#Cc1cc2cc(-c3cccc(C(=C)N(CCC)CCCC)n3)cnc2[nH]1. The third kappa shape index (κ3) is 4.20. The lowest BCUT2D eigenvalue weighted by Crippen LogP contribution is -2.24. The van der Waals surface area contributed by atoms with Gasteiger partial charge in [-0.1, -0.05) is 38.8 Å². The average Bonchev–Trinajstić information content (AvgIpc) is 3.13. The Balaban J connectivity index is 1.90. The first-order valence-corrected chi connectivity index (χ1v) is 9.53. The van der Waals surface area contributed by atoms with Crippen molar-refractivity contribution in [2.24, 2.45) is 0 Å². The van der Waals surface area contributed by atoms with Gasteiger partial charge in [0.25, 0.3) is 0 Å². The molecule has 0 aliphatic heterocycles. The second kappa shape index (κ2) is 8.55. The molecule has 0 atom stereocenters. The largest absolute Gasteiger partial charge is 0.370 e. The van der Waals surface area contributed by atoms with Crippen molar-refractivity contribution in [2.75, 3.05) is 13.1 Å². The molecule has 1 N–H and O–H groups in total. The quantitative estimate of drug-likeness (QED) is 0.571. The number of nitrogens with zero attached hydrogens (tertiary/aromatic N) is 3. The summed E-state index contributed by atoms with van der Waals surface area (Å²) in [4.78, 5) is 14.8. The maximum absolute atomic E-state index is 5.47. The number of aromatic amines is 1. The van der Waals surface area contributed by atoms with Gasteiger partial charge in [0.1, 0.15) is 5.65 Å². The van der Waals surface area contributed by atoms with Gasteiger partial charge < -0.3 is 9.88 Å². The highest BCUT2D eigenvalue weighted by Crippen LogP contribution is 2.24. The first kappa shape index (κ1) is 18.7. The van der Waals surface area contributed by atoms with E-state index in [0.717, 1.165) is 65.3 Å². The summed E-state index contributed by atoms with van der Waals surface area (Å²) < 4.78 is 0. The van der Waals surface area contributed by atoms with E-state index in [9.17, 15) is 0 Å². The predicted molar refractivity (Wildman–Crippen MR) is 113 cm³/mol. The number of terminal acetylenes is 1. The maximum atomic E-state index is 5.47. The Hall–Kier alpha value is -3.06.